The number of carbonyl (C=O) groups excluding carboxylic acids is 1. The molecule has 0 unspecified atom stereocenters. The number of hydrogen-bond acceptors (Lipinski definition) is 4. The molecule has 2 rings (SSSR count). The van der Waals surface area contributed by atoms with Crippen molar-refractivity contribution in [2.75, 3.05) is 20.0 Å². The number of halogens is 2. The fourth-order valence-electron chi connectivity index (χ4n) is 1.91. The molecule has 2 aromatic carbocycles. The maximum atomic E-state index is 12.6. The molecule has 0 radical (unpaired) electrons. The first-order valence-corrected chi connectivity index (χ1v) is 7.58. The SMILES string of the molecule is COc1ccc(C(=O)c2ccc(Br)c(N)c2)c(OC)c1Br. The van der Waals surface area contributed by atoms with E-state index in [2.05, 4.69) is 31.9 Å². The Morgan fingerprint density at radius 3 is 2.38 bits per heavy atom. The van der Waals surface area contributed by atoms with Crippen LogP contribution in [0.2, 0.25) is 0 Å². The van der Waals surface area contributed by atoms with Gasteiger partial charge in [-0.15, -0.1) is 0 Å². The van der Waals surface area contributed by atoms with E-state index in [0.29, 0.717) is 32.8 Å². The highest BCUT2D eigenvalue weighted by atomic mass is 79.9. The van der Waals surface area contributed by atoms with Gasteiger partial charge in [-0.1, -0.05) is 0 Å². The van der Waals surface area contributed by atoms with Crippen molar-refractivity contribution in [3.8, 4) is 11.5 Å². The van der Waals surface area contributed by atoms with Crippen molar-refractivity contribution in [2.24, 2.45) is 0 Å². The number of benzene rings is 2. The lowest BCUT2D eigenvalue weighted by molar-refractivity contribution is 0.103. The lowest BCUT2D eigenvalue weighted by atomic mass is 10.0. The second kappa shape index (κ2) is 6.49. The summed E-state index contributed by atoms with van der Waals surface area (Å²) < 4.78 is 11.9. The van der Waals surface area contributed by atoms with Crippen LogP contribution in [0.4, 0.5) is 5.69 Å². The van der Waals surface area contributed by atoms with Crippen molar-refractivity contribution in [3.05, 3.63) is 50.4 Å². The number of nitrogen functional groups attached to an aromatic ring is 1. The first-order chi connectivity index (χ1) is 9.99. The zero-order valence-corrected chi connectivity index (χ0v) is 14.6. The van der Waals surface area contributed by atoms with Crippen molar-refractivity contribution in [1.82, 2.24) is 0 Å². The Labute approximate surface area is 139 Å². The minimum atomic E-state index is -0.172. The predicted molar refractivity (Wildman–Crippen MR) is 89.2 cm³/mol. The molecule has 0 saturated heterocycles. The van der Waals surface area contributed by atoms with Crippen LogP contribution < -0.4 is 15.2 Å². The van der Waals surface area contributed by atoms with Gasteiger partial charge in [0.25, 0.3) is 0 Å². The van der Waals surface area contributed by atoms with E-state index in [1.165, 1.54) is 7.11 Å². The topological polar surface area (TPSA) is 61.5 Å². The standard InChI is InChI=1S/C15H13Br2NO3/c1-20-12-6-4-9(15(21-2)13(12)17)14(19)8-3-5-10(16)11(18)7-8/h3-7H,18H2,1-2H3. The molecule has 2 N–H and O–H groups in total. The quantitative estimate of drug-likeness (QED) is 0.605. The number of anilines is 1. The molecule has 0 aliphatic heterocycles. The first kappa shape index (κ1) is 15.9. The first-order valence-electron chi connectivity index (χ1n) is 5.99. The van der Waals surface area contributed by atoms with Gasteiger partial charge in [-0.2, -0.15) is 0 Å². The average Bonchev–Trinajstić information content (AvgIpc) is 2.49. The Morgan fingerprint density at radius 2 is 1.81 bits per heavy atom. The summed E-state index contributed by atoms with van der Waals surface area (Å²) in [6, 6.07) is 8.46. The van der Waals surface area contributed by atoms with Crippen LogP contribution in [-0.4, -0.2) is 20.0 Å². The van der Waals surface area contributed by atoms with Gasteiger partial charge in [0.15, 0.2) is 5.78 Å². The van der Waals surface area contributed by atoms with Crippen LogP contribution in [0.1, 0.15) is 15.9 Å². The van der Waals surface area contributed by atoms with Gasteiger partial charge >= 0.3 is 0 Å². The fraction of sp³-hybridized carbons (Fsp3) is 0.133. The van der Waals surface area contributed by atoms with Crippen LogP contribution in [0.25, 0.3) is 0 Å². The largest absolute Gasteiger partial charge is 0.495 e. The van der Waals surface area contributed by atoms with E-state index in [9.17, 15) is 4.79 Å². The summed E-state index contributed by atoms with van der Waals surface area (Å²) >= 11 is 6.69. The second-order valence-electron chi connectivity index (χ2n) is 4.23. The zero-order chi connectivity index (χ0) is 15.6. The number of methoxy groups -OCH3 is 2. The fourth-order valence-corrected chi connectivity index (χ4v) is 2.83. The van der Waals surface area contributed by atoms with Gasteiger partial charge in [-0.3, -0.25) is 4.79 Å². The van der Waals surface area contributed by atoms with Gasteiger partial charge in [0.2, 0.25) is 0 Å². The van der Waals surface area contributed by atoms with Crippen LogP contribution in [0, 0.1) is 0 Å². The summed E-state index contributed by atoms with van der Waals surface area (Å²) in [7, 11) is 3.06. The molecule has 0 aliphatic carbocycles. The van der Waals surface area contributed by atoms with Gasteiger partial charge in [-0.05, 0) is 62.2 Å². The third-order valence-electron chi connectivity index (χ3n) is 2.99. The molecule has 21 heavy (non-hydrogen) atoms. The number of carbonyl (C=O) groups is 1. The van der Waals surface area contributed by atoms with Crippen molar-refractivity contribution < 1.29 is 14.3 Å². The molecule has 0 heterocycles. The number of hydrogen-bond donors (Lipinski definition) is 1. The van der Waals surface area contributed by atoms with Gasteiger partial charge < -0.3 is 15.2 Å². The number of nitrogens with two attached hydrogens (primary N) is 1. The number of ether oxygens (including phenoxy) is 2. The smallest absolute Gasteiger partial charge is 0.196 e. The van der Waals surface area contributed by atoms with Crippen LogP contribution in [0.15, 0.2) is 39.3 Å². The van der Waals surface area contributed by atoms with E-state index in [0.717, 1.165) is 4.47 Å². The molecule has 0 spiro atoms. The van der Waals surface area contributed by atoms with Crippen LogP contribution >= 0.6 is 31.9 Å². The molecule has 2 aromatic rings. The molecule has 6 heteroatoms. The molecule has 110 valence electrons. The highest BCUT2D eigenvalue weighted by molar-refractivity contribution is 9.11. The maximum Gasteiger partial charge on any atom is 0.196 e. The molecular weight excluding hydrogens is 402 g/mol. The third-order valence-corrected chi connectivity index (χ3v) is 4.46. The second-order valence-corrected chi connectivity index (χ2v) is 5.88. The molecule has 0 bridgehead atoms. The summed E-state index contributed by atoms with van der Waals surface area (Å²) in [6.07, 6.45) is 0. The summed E-state index contributed by atoms with van der Waals surface area (Å²) in [4.78, 5) is 12.6. The summed E-state index contributed by atoms with van der Waals surface area (Å²) in [5, 5.41) is 0. The highest BCUT2D eigenvalue weighted by Crippen LogP contribution is 2.38. The van der Waals surface area contributed by atoms with Gasteiger partial charge in [0.05, 0.1) is 19.8 Å². The van der Waals surface area contributed by atoms with E-state index in [1.807, 2.05) is 0 Å². The molecule has 4 nitrogen and oxygen atoms in total. The number of ketones is 1. The van der Waals surface area contributed by atoms with Gasteiger partial charge in [0.1, 0.15) is 16.0 Å². The van der Waals surface area contributed by atoms with E-state index < -0.39 is 0 Å². The molecular formula is C15H13Br2NO3. The van der Waals surface area contributed by atoms with Crippen LogP contribution in [-0.2, 0) is 0 Å². The average molecular weight is 415 g/mol. The predicted octanol–water partition coefficient (Wildman–Crippen LogP) is 4.04. The van der Waals surface area contributed by atoms with E-state index >= 15 is 0 Å². The van der Waals surface area contributed by atoms with Gasteiger partial charge in [0, 0.05) is 15.7 Å². The molecule has 0 aliphatic rings. The van der Waals surface area contributed by atoms with Crippen molar-refractivity contribution in [3.63, 3.8) is 0 Å². The summed E-state index contributed by atoms with van der Waals surface area (Å²) in [5.41, 5.74) is 7.26. The highest BCUT2D eigenvalue weighted by Gasteiger charge is 2.20. The van der Waals surface area contributed by atoms with Crippen molar-refractivity contribution >= 4 is 43.3 Å². The maximum absolute atomic E-state index is 12.6. The van der Waals surface area contributed by atoms with E-state index in [1.54, 1.807) is 37.4 Å². The normalized spacial score (nSPS) is 10.3. The monoisotopic (exact) mass is 413 g/mol. The minimum Gasteiger partial charge on any atom is -0.495 e. The molecule has 0 amide bonds. The van der Waals surface area contributed by atoms with E-state index in [-0.39, 0.29) is 5.78 Å². The summed E-state index contributed by atoms with van der Waals surface area (Å²) in [6.45, 7) is 0. The van der Waals surface area contributed by atoms with Crippen molar-refractivity contribution in [1.29, 1.82) is 0 Å². The van der Waals surface area contributed by atoms with Crippen LogP contribution in [0.3, 0.4) is 0 Å². The minimum absolute atomic E-state index is 0.172. The lowest BCUT2D eigenvalue weighted by Gasteiger charge is -2.13. The Morgan fingerprint density at radius 1 is 1.10 bits per heavy atom. The van der Waals surface area contributed by atoms with Crippen molar-refractivity contribution in [2.45, 2.75) is 0 Å². The Kier molecular flexibility index (Phi) is 4.90. The summed E-state index contributed by atoms with van der Waals surface area (Å²) in [5.74, 6) is 0.856. The third kappa shape index (κ3) is 3.06. The molecule has 0 aromatic heterocycles. The molecule has 0 fully saturated rings. The van der Waals surface area contributed by atoms with E-state index in [4.69, 9.17) is 15.2 Å². The zero-order valence-electron chi connectivity index (χ0n) is 11.4. The Hall–Kier alpha value is -1.53. The van der Waals surface area contributed by atoms with Gasteiger partial charge in [-0.25, -0.2) is 0 Å². The van der Waals surface area contributed by atoms with Crippen LogP contribution in [0.5, 0.6) is 11.5 Å². The Balaban J connectivity index is 2.52. The molecule has 0 atom stereocenters. The molecule has 0 saturated carbocycles. The lowest BCUT2D eigenvalue weighted by Crippen LogP contribution is -2.06. The Bertz CT molecular complexity index is 702. The number of rotatable bonds is 4.